The van der Waals surface area contributed by atoms with Gasteiger partial charge in [-0.15, -0.1) is 0 Å². The van der Waals surface area contributed by atoms with Crippen molar-refractivity contribution in [1.82, 2.24) is 10.3 Å². The Bertz CT molecular complexity index is 403. The largest absolute Gasteiger partial charge is 0.443 e. The molecule has 108 valence electrons. The van der Waals surface area contributed by atoms with Crippen LogP contribution >= 0.6 is 0 Å². The fourth-order valence-corrected chi connectivity index (χ4v) is 2.40. The van der Waals surface area contributed by atoms with E-state index in [2.05, 4.69) is 44.9 Å². The molecule has 0 aliphatic carbocycles. The standard InChI is InChI=1S/C15H26N2O2/c1-10(12-7-6-8-18-12)17-11(2)14-16-9-13(19-14)15(3,4)5/h9-12,17H,6-8H2,1-5H3/t10-,11-,12-/m0/s1. The highest BCUT2D eigenvalue weighted by Crippen LogP contribution is 2.25. The van der Waals surface area contributed by atoms with Crippen LogP contribution in [0.3, 0.4) is 0 Å². The molecule has 4 nitrogen and oxygen atoms in total. The Morgan fingerprint density at radius 2 is 2.11 bits per heavy atom. The molecule has 4 heteroatoms. The molecule has 0 aromatic carbocycles. The number of nitrogens with one attached hydrogen (secondary N) is 1. The Kier molecular flexibility index (Phi) is 4.31. The third-order valence-corrected chi connectivity index (χ3v) is 3.67. The van der Waals surface area contributed by atoms with Crippen LogP contribution in [0.1, 0.15) is 65.2 Å². The second-order valence-electron chi connectivity index (χ2n) is 6.54. The van der Waals surface area contributed by atoms with Crippen LogP contribution in [0.5, 0.6) is 0 Å². The van der Waals surface area contributed by atoms with Gasteiger partial charge in [0, 0.05) is 18.1 Å². The van der Waals surface area contributed by atoms with Gasteiger partial charge in [-0.25, -0.2) is 4.98 Å². The lowest BCUT2D eigenvalue weighted by atomic mass is 9.94. The number of rotatable bonds is 4. The number of hydrogen-bond acceptors (Lipinski definition) is 4. The highest BCUT2D eigenvalue weighted by Gasteiger charge is 2.26. The predicted molar refractivity (Wildman–Crippen MR) is 75.2 cm³/mol. The molecule has 1 saturated heterocycles. The van der Waals surface area contributed by atoms with E-state index in [9.17, 15) is 0 Å². The van der Waals surface area contributed by atoms with Crippen LogP contribution in [-0.2, 0) is 10.2 Å². The normalized spacial score (nSPS) is 23.5. The van der Waals surface area contributed by atoms with Gasteiger partial charge in [0.2, 0.25) is 5.89 Å². The maximum Gasteiger partial charge on any atom is 0.211 e. The zero-order valence-corrected chi connectivity index (χ0v) is 12.7. The summed E-state index contributed by atoms with van der Waals surface area (Å²) >= 11 is 0. The summed E-state index contributed by atoms with van der Waals surface area (Å²) < 4.78 is 11.6. The smallest absolute Gasteiger partial charge is 0.211 e. The first-order valence-corrected chi connectivity index (χ1v) is 7.22. The molecule has 0 unspecified atom stereocenters. The van der Waals surface area contributed by atoms with Crippen LogP contribution in [0.4, 0.5) is 0 Å². The average molecular weight is 266 g/mol. The van der Waals surface area contributed by atoms with Crippen molar-refractivity contribution in [2.45, 2.75) is 71.1 Å². The minimum absolute atomic E-state index is 0.00511. The highest BCUT2D eigenvalue weighted by atomic mass is 16.5. The van der Waals surface area contributed by atoms with Crippen molar-refractivity contribution in [2.75, 3.05) is 6.61 Å². The molecular weight excluding hydrogens is 240 g/mol. The molecule has 0 amide bonds. The quantitative estimate of drug-likeness (QED) is 0.909. The van der Waals surface area contributed by atoms with Crippen molar-refractivity contribution in [3.05, 3.63) is 17.8 Å². The first-order valence-electron chi connectivity index (χ1n) is 7.22. The number of nitrogens with zero attached hydrogens (tertiary/aromatic N) is 1. The lowest BCUT2D eigenvalue weighted by Gasteiger charge is -2.23. The van der Waals surface area contributed by atoms with Gasteiger partial charge >= 0.3 is 0 Å². The fourth-order valence-electron chi connectivity index (χ4n) is 2.40. The zero-order valence-electron chi connectivity index (χ0n) is 12.7. The third-order valence-electron chi connectivity index (χ3n) is 3.67. The molecule has 0 radical (unpaired) electrons. The minimum atomic E-state index is 0.00511. The molecule has 0 spiro atoms. The monoisotopic (exact) mass is 266 g/mol. The van der Waals surface area contributed by atoms with Crippen molar-refractivity contribution in [3.63, 3.8) is 0 Å². The van der Waals surface area contributed by atoms with E-state index in [1.807, 2.05) is 6.20 Å². The molecule has 0 bridgehead atoms. The second-order valence-corrected chi connectivity index (χ2v) is 6.54. The summed E-state index contributed by atoms with van der Waals surface area (Å²) in [7, 11) is 0. The minimum Gasteiger partial charge on any atom is -0.443 e. The number of oxazole rings is 1. The van der Waals surface area contributed by atoms with Crippen molar-refractivity contribution in [3.8, 4) is 0 Å². The van der Waals surface area contributed by atoms with E-state index >= 15 is 0 Å². The van der Waals surface area contributed by atoms with E-state index in [4.69, 9.17) is 9.15 Å². The van der Waals surface area contributed by atoms with Crippen LogP contribution in [0.25, 0.3) is 0 Å². The third kappa shape index (κ3) is 3.57. The maximum atomic E-state index is 5.86. The summed E-state index contributed by atoms with van der Waals surface area (Å²) in [4.78, 5) is 4.39. The molecule has 2 heterocycles. The summed E-state index contributed by atoms with van der Waals surface area (Å²) in [5.41, 5.74) is 0.00511. The van der Waals surface area contributed by atoms with E-state index < -0.39 is 0 Å². The van der Waals surface area contributed by atoms with Crippen molar-refractivity contribution < 1.29 is 9.15 Å². The van der Waals surface area contributed by atoms with E-state index in [1.54, 1.807) is 0 Å². The molecule has 1 aliphatic heterocycles. The van der Waals surface area contributed by atoms with Crippen LogP contribution in [0, 0.1) is 0 Å². The van der Waals surface area contributed by atoms with Gasteiger partial charge < -0.3 is 14.5 Å². The predicted octanol–water partition coefficient (Wildman–Crippen LogP) is 3.19. The SMILES string of the molecule is C[C@H](N[C@@H](C)[C@@H]1CCCO1)c1ncc(C(C)(C)C)o1. The number of hydrogen-bond donors (Lipinski definition) is 1. The fraction of sp³-hybridized carbons (Fsp3) is 0.800. The first kappa shape index (κ1) is 14.5. The summed E-state index contributed by atoms with van der Waals surface area (Å²) in [6, 6.07) is 0.429. The summed E-state index contributed by atoms with van der Waals surface area (Å²) in [5, 5.41) is 3.52. The summed E-state index contributed by atoms with van der Waals surface area (Å²) in [6.45, 7) is 11.5. The molecular formula is C15H26N2O2. The second kappa shape index (κ2) is 5.63. The van der Waals surface area contributed by atoms with Gasteiger partial charge in [0.15, 0.2) is 0 Å². The topological polar surface area (TPSA) is 47.3 Å². The summed E-state index contributed by atoms with van der Waals surface area (Å²) in [6.07, 6.45) is 4.46. The number of aromatic nitrogens is 1. The van der Waals surface area contributed by atoms with Gasteiger partial charge in [-0.1, -0.05) is 20.8 Å². The van der Waals surface area contributed by atoms with Gasteiger partial charge in [0.05, 0.1) is 18.3 Å². The molecule has 1 aliphatic rings. The van der Waals surface area contributed by atoms with E-state index in [0.717, 1.165) is 31.1 Å². The van der Waals surface area contributed by atoms with Crippen LogP contribution in [0.15, 0.2) is 10.6 Å². The molecule has 1 N–H and O–H groups in total. The van der Waals surface area contributed by atoms with Gasteiger partial charge in [-0.2, -0.15) is 0 Å². The van der Waals surface area contributed by atoms with Gasteiger partial charge in [0.1, 0.15) is 5.76 Å². The molecule has 1 aromatic rings. The van der Waals surface area contributed by atoms with Gasteiger partial charge in [-0.05, 0) is 26.7 Å². The zero-order chi connectivity index (χ0) is 14.0. The Hall–Kier alpha value is -0.870. The number of ether oxygens (including phenoxy) is 1. The lowest BCUT2D eigenvalue weighted by molar-refractivity contribution is 0.0790. The van der Waals surface area contributed by atoms with Crippen LogP contribution < -0.4 is 5.32 Å². The average Bonchev–Trinajstić information content (AvgIpc) is 3.00. The molecule has 1 fully saturated rings. The van der Waals surface area contributed by atoms with Crippen LogP contribution in [-0.4, -0.2) is 23.7 Å². The summed E-state index contributed by atoms with van der Waals surface area (Å²) in [5.74, 6) is 1.69. The van der Waals surface area contributed by atoms with E-state index in [0.29, 0.717) is 12.1 Å². The Labute approximate surface area is 115 Å². The first-order chi connectivity index (χ1) is 8.88. The Balaban J connectivity index is 1.95. The highest BCUT2D eigenvalue weighted by molar-refractivity contribution is 5.07. The van der Waals surface area contributed by atoms with Gasteiger partial charge in [0.25, 0.3) is 0 Å². The van der Waals surface area contributed by atoms with Crippen molar-refractivity contribution in [1.29, 1.82) is 0 Å². The maximum absolute atomic E-state index is 5.86. The Morgan fingerprint density at radius 3 is 2.63 bits per heavy atom. The molecule has 0 saturated carbocycles. The molecule has 19 heavy (non-hydrogen) atoms. The molecule has 2 rings (SSSR count). The molecule has 1 aromatic heterocycles. The van der Waals surface area contributed by atoms with E-state index in [1.165, 1.54) is 0 Å². The van der Waals surface area contributed by atoms with Crippen molar-refractivity contribution in [2.24, 2.45) is 0 Å². The van der Waals surface area contributed by atoms with Crippen molar-refractivity contribution >= 4 is 0 Å². The Morgan fingerprint density at radius 1 is 1.37 bits per heavy atom. The molecule has 3 atom stereocenters. The van der Waals surface area contributed by atoms with Crippen LogP contribution in [0.2, 0.25) is 0 Å². The van der Waals surface area contributed by atoms with E-state index in [-0.39, 0.29) is 11.5 Å². The van der Waals surface area contributed by atoms with Gasteiger partial charge in [-0.3, -0.25) is 0 Å². The lowest BCUT2D eigenvalue weighted by Crippen LogP contribution is -2.38.